The largest absolute Gasteiger partial charge is 0.294 e. The molecule has 0 N–H and O–H groups in total. The highest BCUT2D eigenvalue weighted by molar-refractivity contribution is 7.25. The maximum Gasteiger partial charge on any atom is 0.162 e. The van der Waals surface area contributed by atoms with Gasteiger partial charge in [-0.25, -0.2) is 9.97 Å². The quantitative estimate of drug-likeness (QED) is 0.183. The van der Waals surface area contributed by atoms with Crippen molar-refractivity contribution in [2.45, 2.75) is 19.3 Å². The van der Waals surface area contributed by atoms with Crippen molar-refractivity contribution in [2.24, 2.45) is 0 Å². The van der Waals surface area contributed by atoms with Crippen LogP contribution >= 0.6 is 11.3 Å². The first-order valence-corrected chi connectivity index (χ1v) is 19.0. The van der Waals surface area contributed by atoms with E-state index in [1.54, 1.807) is 0 Å². The van der Waals surface area contributed by atoms with E-state index in [9.17, 15) is 0 Å². The third-order valence-electron chi connectivity index (χ3n) is 11.2. The summed E-state index contributed by atoms with van der Waals surface area (Å²) in [5, 5.41) is 5.10. The molecular formula is C49H33N3S. The number of rotatable bonds is 4. The van der Waals surface area contributed by atoms with Crippen molar-refractivity contribution in [1.82, 2.24) is 14.5 Å². The molecule has 1 aliphatic carbocycles. The van der Waals surface area contributed by atoms with Crippen LogP contribution in [0, 0.1) is 0 Å². The van der Waals surface area contributed by atoms with Crippen molar-refractivity contribution in [1.29, 1.82) is 0 Å². The van der Waals surface area contributed by atoms with Crippen LogP contribution in [0.4, 0.5) is 0 Å². The van der Waals surface area contributed by atoms with Gasteiger partial charge in [-0.15, -0.1) is 11.3 Å². The number of fused-ring (bicyclic) bond motifs is 10. The lowest BCUT2D eigenvalue weighted by molar-refractivity contribution is 0.666. The van der Waals surface area contributed by atoms with E-state index in [1.165, 1.54) is 64.3 Å². The molecule has 4 heteroatoms. The second-order valence-electron chi connectivity index (χ2n) is 14.6. The highest BCUT2D eigenvalue weighted by Crippen LogP contribution is 2.53. The van der Waals surface area contributed by atoms with Crippen LogP contribution in [0.3, 0.4) is 0 Å². The van der Waals surface area contributed by atoms with E-state index in [4.69, 9.17) is 9.97 Å². The van der Waals surface area contributed by atoms with Crippen LogP contribution in [0.1, 0.15) is 25.0 Å². The topological polar surface area (TPSA) is 30.7 Å². The number of thiophene rings is 1. The van der Waals surface area contributed by atoms with Gasteiger partial charge in [0.25, 0.3) is 0 Å². The Balaban J connectivity index is 1.16. The monoisotopic (exact) mass is 695 g/mol. The standard InChI is InChI=1S/C49H33N3S/c1-49(2)39-17-9-6-14-34(39)37-26-27-42-46(47(37)49)38-16-7-10-18-41(38)52(42)45-29-40(33-24-25-36-35-15-8-11-19-43(35)53-44(36)28-33)50-48(51-45)32-22-20-31(21-23-32)30-12-4-3-5-13-30/h3-29H,1-2H3. The predicted octanol–water partition coefficient (Wildman–Crippen LogP) is 13.2. The minimum absolute atomic E-state index is 0.150. The molecule has 1 aliphatic rings. The molecule has 250 valence electrons. The SMILES string of the molecule is CC1(C)c2ccccc2-c2ccc3c(c21)c1ccccc1n3-c1cc(-c2ccc3c(c2)sc2ccccc23)nc(-c2ccc(-c3ccccc3)cc2)n1. The van der Waals surface area contributed by atoms with Gasteiger partial charge in [0, 0.05) is 53.6 Å². The summed E-state index contributed by atoms with van der Waals surface area (Å²) in [7, 11) is 0. The molecule has 7 aromatic carbocycles. The van der Waals surface area contributed by atoms with Crippen molar-refractivity contribution in [3.63, 3.8) is 0 Å². The summed E-state index contributed by atoms with van der Waals surface area (Å²) >= 11 is 1.83. The maximum absolute atomic E-state index is 5.40. The third-order valence-corrected chi connectivity index (χ3v) is 12.4. The van der Waals surface area contributed by atoms with Crippen LogP contribution < -0.4 is 0 Å². The van der Waals surface area contributed by atoms with Crippen LogP contribution in [-0.4, -0.2) is 14.5 Å². The van der Waals surface area contributed by atoms with E-state index in [0.29, 0.717) is 5.82 Å². The Morgan fingerprint density at radius 3 is 2.04 bits per heavy atom. The van der Waals surface area contributed by atoms with Crippen molar-refractivity contribution in [3.05, 3.63) is 175 Å². The maximum atomic E-state index is 5.40. The Kier molecular flexibility index (Phi) is 6.47. The summed E-state index contributed by atoms with van der Waals surface area (Å²) in [6, 6.07) is 59.1. The first-order chi connectivity index (χ1) is 26.0. The molecule has 11 rings (SSSR count). The van der Waals surface area contributed by atoms with E-state index in [-0.39, 0.29) is 5.41 Å². The van der Waals surface area contributed by atoms with E-state index in [1.807, 2.05) is 11.3 Å². The molecule has 0 bridgehead atoms. The number of hydrogen-bond acceptors (Lipinski definition) is 3. The summed E-state index contributed by atoms with van der Waals surface area (Å²) < 4.78 is 4.91. The van der Waals surface area contributed by atoms with Crippen molar-refractivity contribution >= 4 is 53.3 Å². The van der Waals surface area contributed by atoms with E-state index < -0.39 is 0 Å². The molecule has 53 heavy (non-hydrogen) atoms. The first kappa shape index (κ1) is 30.3. The van der Waals surface area contributed by atoms with Crippen molar-refractivity contribution < 1.29 is 0 Å². The summed E-state index contributed by atoms with van der Waals surface area (Å²) in [6.07, 6.45) is 0. The predicted molar refractivity (Wildman–Crippen MR) is 223 cm³/mol. The first-order valence-electron chi connectivity index (χ1n) is 18.2. The second-order valence-corrected chi connectivity index (χ2v) is 15.7. The average Bonchev–Trinajstić information content (AvgIpc) is 3.83. The lowest BCUT2D eigenvalue weighted by Gasteiger charge is -2.22. The van der Waals surface area contributed by atoms with Crippen molar-refractivity contribution in [3.8, 4) is 50.7 Å². The van der Waals surface area contributed by atoms with Gasteiger partial charge in [0.2, 0.25) is 0 Å². The number of nitrogens with zero attached hydrogens (tertiary/aromatic N) is 3. The number of aromatic nitrogens is 3. The minimum Gasteiger partial charge on any atom is -0.294 e. The molecule has 0 atom stereocenters. The van der Waals surface area contributed by atoms with Gasteiger partial charge in [0.05, 0.1) is 16.7 Å². The Bertz CT molecular complexity index is 3080. The molecule has 10 aromatic rings. The smallest absolute Gasteiger partial charge is 0.162 e. The zero-order valence-corrected chi connectivity index (χ0v) is 30.2. The van der Waals surface area contributed by atoms with Gasteiger partial charge in [0.1, 0.15) is 5.82 Å². The molecule has 0 fully saturated rings. The minimum atomic E-state index is -0.150. The summed E-state index contributed by atoms with van der Waals surface area (Å²) in [6.45, 7) is 4.74. The Hall–Kier alpha value is -6.36. The van der Waals surface area contributed by atoms with Crippen LogP contribution in [0.15, 0.2) is 164 Å². The van der Waals surface area contributed by atoms with E-state index >= 15 is 0 Å². The van der Waals surface area contributed by atoms with Crippen LogP contribution in [-0.2, 0) is 5.41 Å². The molecule has 0 saturated carbocycles. The molecule has 0 radical (unpaired) electrons. The van der Waals surface area contributed by atoms with Crippen LogP contribution in [0.5, 0.6) is 0 Å². The summed E-state index contributed by atoms with van der Waals surface area (Å²) in [5.74, 6) is 1.56. The van der Waals surface area contributed by atoms with Gasteiger partial charge in [-0.2, -0.15) is 0 Å². The molecule has 3 nitrogen and oxygen atoms in total. The van der Waals surface area contributed by atoms with Crippen molar-refractivity contribution in [2.75, 3.05) is 0 Å². The van der Waals surface area contributed by atoms with E-state index in [0.717, 1.165) is 33.7 Å². The van der Waals surface area contributed by atoms with Gasteiger partial charge in [-0.1, -0.05) is 147 Å². The molecule has 3 aromatic heterocycles. The molecule has 0 spiro atoms. The highest BCUT2D eigenvalue weighted by Gasteiger charge is 2.38. The highest BCUT2D eigenvalue weighted by atomic mass is 32.1. The molecule has 0 saturated heterocycles. The van der Waals surface area contributed by atoms with Gasteiger partial charge >= 0.3 is 0 Å². The molecular weight excluding hydrogens is 663 g/mol. The Morgan fingerprint density at radius 1 is 0.491 bits per heavy atom. The van der Waals surface area contributed by atoms with Gasteiger partial charge < -0.3 is 0 Å². The Morgan fingerprint density at radius 2 is 1.17 bits per heavy atom. The Labute approximate surface area is 311 Å². The fraction of sp³-hybridized carbons (Fsp3) is 0.0612. The fourth-order valence-corrected chi connectivity index (χ4v) is 9.88. The molecule has 0 unspecified atom stereocenters. The number of benzene rings is 7. The molecule has 0 aliphatic heterocycles. The molecule has 3 heterocycles. The van der Waals surface area contributed by atoms with Crippen LogP contribution in [0.2, 0.25) is 0 Å². The normalized spacial score (nSPS) is 13.2. The van der Waals surface area contributed by atoms with Gasteiger partial charge in [0.15, 0.2) is 5.82 Å². The molecule has 0 amide bonds. The lowest BCUT2D eigenvalue weighted by Crippen LogP contribution is -2.15. The van der Waals surface area contributed by atoms with Crippen LogP contribution in [0.25, 0.3) is 92.7 Å². The van der Waals surface area contributed by atoms with Gasteiger partial charge in [-0.3, -0.25) is 4.57 Å². The lowest BCUT2D eigenvalue weighted by atomic mass is 9.80. The van der Waals surface area contributed by atoms with Gasteiger partial charge in [-0.05, 0) is 57.6 Å². The zero-order valence-electron chi connectivity index (χ0n) is 29.3. The second kappa shape index (κ2) is 11.3. The average molecular weight is 696 g/mol. The fourth-order valence-electron chi connectivity index (χ4n) is 8.73. The van der Waals surface area contributed by atoms with E-state index in [2.05, 4.69) is 182 Å². The number of hydrogen-bond donors (Lipinski definition) is 0. The third kappa shape index (κ3) is 4.52. The number of para-hydroxylation sites is 1. The summed E-state index contributed by atoms with van der Waals surface area (Å²) in [5.41, 5.74) is 12.9. The zero-order chi connectivity index (χ0) is 35.3. The summed E-state index contributed by atoms with van der Waals surface area (Å²) in [4.78, 5) is 10.7.